The normalized spacial score (nSPS) is 13.0. The quantitative estimate of drug-likeness (QED) is 0.332. The lowest BCUT2D eigenvalue weighted by atomic mass is 10.0. The van der Waals surface area contributed by atoms with Crippen molar-refractivity contribution in [1.82, 2.24) is 0 Å². The molecule has 34 heavy (non-hydrogen) atoms. The van der Waals surface area contributed by atoms with E-state index in [1.807, 2.05) is 6.92 Å². The number of sulfonamides is 1. The molecule has 2 aromatic rings. The van der Waals surface area contributed by atoms with Gasteiger partial charge in [0.15, 0.2) is 0 Å². The molecule has 2 N–H and O–H groups in total. The summed E-state index contributed by atoms with van der Waals surface area (Å²) >= 11 is 0. The Morgan fingerprint density at radius 2 is 1.74 bits per heavy atom. The second kappa shape index (κ2) is 11.6. The lowest BCUT2D eigenvalue weighted by Crippen LogP contribution is -2.32. The summed E-state index contributed by atoms with van der Waals surface area (Å²) in [5.41, 5.74) is -0.499. The fourth-order valence-corrected chi connectivity index (χ4v) is 5.30. The molecular formula is C24H30F3NO5S. The van der Waals surface area contributed by atoms with E-state index in [2.05, 4.69) is 4.72 Å². The number of anilines is 1. The summed E-state index contributed by atoms with van der Waals surface area (Å²) in [5, 5.41) is 8.27. The maximum atomic E-state index is 13.3. The van der Waals surface area contributed by atoms with Crippen molar-refractivity contribution in [3.05, 3.63) is 59.2 Å². The molecule has 1 unspecified atom stereocenters. The van der Waals surface area contributed by atoms with Gasteiger partial charge in [-0.1, -0.05) is 52.2 Å². The highest BCUT2D eigenvalue weighted by Crippen LogP contribution is 2.36. The molecule has 0 aliphatic heterocycles. The molecule has 0 aliphatic rings. The van der Waals surface area contributed by atoms with Gasteiger partial charge in [0.1, 0.15) is 12.4 Å². The molecule has 0 aliphatic carbocycles. The van der Waals surface area contributed by atoms with Crippen molar-refractivity contribution in [2.45, 2.75) is 64.5 Å². The molecule has 1 atom stereocenters. The fraction of sp³-hybridized carbons (Fsp3) is 0.458. The van der Waals surface area contributed by atoms with Gasteiger partial charge in [-0.25, -0.2) is 13.2 Å². The summed E-state index contributed by atoms with van der Waals surface area (Å²) in [6.07, 6.45) is -1.66. The lowest BCUT2D eigenvalue weighted by Gasteiger charge is -2.23. The molecule has 0 saturated heterocycles. The molecule has 2 rings (SSSR count). The van der Waals surface area contributed by atoms with Crippen molar-refractivity contribution in [2.24, 2.45) is 5.92 Å². The van der Waals surface area contributed by atoms with Crippen LogP contribution in [0.15, 0.2) is 42.5 Å². The van der Waals surface area contributed by atoms with Crippen molar-refractivity contribution in [3.8, 4) is 5.75 Å². The highest BCUT2D eigenvalue weighted by Gasteiger charge is 2.33. The number of alkyl halides is 3. The minimum absolute atomic E-state index is 0.0547. The number of ether oxygens (including phenoxy) is 1. The summed E-state index contributed by atoms with van der Waals surface area (Å²) in [4.78, 5) is 11.0. The maximum Gasteiger partial charge on any atom is 0.416 e. The van der Waals surface area contributed by atoms with Crippen LogP contribution in [-0.2, 0) is 22.8 Å². The van der Waals surface area contributed by atoms with E-state index in [0.29, 0.717) is 12.0 Å². The summed E-state index contributed by atoms with van der Waals surface area (Å²) in [6.45, 7) is 5.42. The van der Waals surface area contributed by atoms with Gasteiger partial charge in [-0.2, -0.15) is 13.2 Å². The number of hydrogen-bond donors (Lipinski definition) is 2. The lowest BCUT2D eigenvalue weighted by molar-refractivity contribution is -0.137. The number of nitrogens with one attached hydrogen (secondary N) is 1. The molecule has 0 saturated carbocycles. The summed E-state index contributed by atoms with van der Waals surface area (Å²) in [7, 11) is -3.90. The van der Waals surface area contributed by atoms with E-state index in [9.17, 15) is 26.4 Å². The van der Waals surface area contributed by atoms with Gasteiger partial charge >= 0.3 is 12.1 Å². The van der Waals surface area contributed by atoms with Crippen molar-refractivity contribution < 1.29 is 36.2 Å². The zero-order valence-corrected chi connectivity index (χ0v) is 20.2. The third-order valence-corrected chi connectivity index (χ3v) is 7.47. The van der Waals surface area contributed by atoms with Gasteiger partial charge in [0.25, 0.3) is 0 Å². The number of carbonyl (C=O) groups is 1. The van der Waals surface area contributed by atoms with Crippen molar-refractivity contribution in [2.75, 3.05) is 4.72 Å². The number of aromatic carboxylic acids is 1. The molecule has 188 valence electrons. The molecule has 0 aromatic heterocycles. The van der Waals surface area contributed by atoms with Crippen LogP contribution in [0.5, 0.6) is 5.75 Å². The van der Waals surface area contributed by atoms with Gasteiger partial charge in [-0.3, -0.25) is 4.72 Å². The summed E-state index contributed by atoms with van der Waals surface area (Å²) in [5.74, 6) is -1.57. The predicted molar refractivity (Wildman–Crippen MR) is 124 cm³/mol. The number of hydrogen-bond acceptors (Lipinski definition) is 4. The average molecular weight is 502 g/mol. The molecule has 0 fully saturated rings. The van der Waals surface area contributed by atoms with Crippen LogP contribution in [0, 0.1) is 5.92 Å². The predicted octanol–water partition coefficient (Wildman–Crippen LogP) is 6.33. The Hall–Kier alpha value is -2.75. The van der Waals surface area contributed by atoms with Gasteiger partial charge in [-0.05, 0) is 48.2 Å². The van der Waals surface area contributed by atoms with Gasteiger partial charge < -0.3 is 9.84 Å². The number of benzene rings is 2. The molecule has 0 amide bonds. The molecule has 2 aromatic carbocycles. The largest absolute Gasteiger partial charge is 0.487 e. The Bertz CT molecular complexity index is 1070. The third kappa shape index (κ3) is 7.65. The second-order valence-electron chi connectivity index (χ2n) is 8.42. The van der Waals surface area contributed by atoms with Gasteiger partial charge in [0.05, 0.1) is 22.1 Å². The van der Waals surface area contributed by atoms with Gasteiger partial charge in [-0.15, -0.1) is 0 Å². The van der Waals surface area contributed by atoms with E-state index >= 15 is 0 Å². The van der Waals surface area contributed by atoms with Crippen LogP contribution in [-0.4, -0.2) is 24.7 Å². The number of carboxylic acid groups (broad SMARTS) is 1. The topological polar surface area (TPSA) is 92.7 Å². The number of unbranched alkanes of at least 4 members (excludes halogenated alkanes) is 2. The minimum atomic E-state index is -4.64. The van der Waals surface area contributed by atoms with E-state index in [1.54, 1.807) is 13.8 Å². The first-order valence-electron chi connectivity index (χ1n) is 11.0. The fourth-order valence-electron chi connectivity index (χ4n) is 3.48. The Morgan fingerprint density at radius 3 is 2.26 bits per heavy atom. The van der Waals surface area contributed by atoms with E-state index in [-0.39, 0.29) is 29.5 Å². The van der Waals surface area contributed by atoms with Crippen LogP contribution < -0.4 is 9.46 Å². The van der Waals surface area contributed by atoms with Crippen molar-refractivity contribution in [1.29, 1.82) is 0 Å². The Kier molecular flexibility index (Phi) is 9.37. The first-order chi connectivity index (χ1) is 15.8. The second-order valence-corrected chi connectivity index (χ2v) is 10.3. The molecular weight excluding hydrogens is 471 g/mol. The number of carboxylic acids is 1. The zero-order chi connectivity index (χ0) is 25.5. The average Bonchev–Trinajstić information content (AvgIpc) is 2.74. The monoisotopic (exact) mass is 501 g/mol. The van der Waals surface area contributed by atoms with E-state index in [4.69, 9.17) is 9.84 Å². The molecule has 10 heteroatoms. The van der Waals surface area contributed by atoms with Crippen LogP contribution in [0.25, 0.3) is 0 Å². The van der Waals surface area contributed by atoms with E-state index in [0.717, 1.165) is 37.5 Å². The van der Waals surface area contributed by atoms with Crippen molar-refractivity contribution >= 4 is 21.7 Å². The van der Waals surface area contributed by atoms with Gasteiger partial charge in [0.2, 0.25) is 10.0 Å². The molecule has 0 radical (unpaired) electrons. The van der Waals surface area contributed by atoms with E-state index in [1.165, 1.54) is 24.3 Å². The Balaban J connectivity index is 2.32. The van der Waals surface area contributed by atoms with Gasteiger partial charge in [0, 0.05) is 0 Å². The van der Waals surface area contributed by atoms with Crippen LogP contribution in [0.1, 0.15) is 67.9 Å². The Labute approximate surface area is 198 Å². The van der Waals surface area contributed by atoms with Crippen molar-refractivity contribution in [3.63, 3.8) is 0 Å². The third-order valence-electron chi connectivity index (χ3n) is 5.39. The number of halogens is 3. The minimum Gasteiger partial charge on any atom is -0.487 e. The van der Waals surface area contributed by atoms with Crippen LogP contribution >= 0.6 is 0 Å². The summed E-state index contributed by atoms with van der Waals surface area (Å²) in [6, 6.07) is 8.25. The SMILES string of the molecule is CCCCCC(C(C)C)S(=O)(=O)Nc1ccc(C(F)(F)F)cc1OCc1ccc(C(=O)O)cc1. The standard InChI is InChI=1S/C24H30F3NO5S/c1-4-5-6-7-22(16(2)3)34(31,32)28-20-13-12-19(24(25,26)27)14-21(20)33-15-17-8-10-18(11-9-17)23(29)30/h8-14,16,22,28H,4-7,15H2,1-3H3,(H,29,30). The highest BCUT2D eigenvalue weighted by molar-refractivity contribution is 7.93. The van der Waals surface area contributed by atoms with Crippen LogP contribution in [0.2, 0.25) is 0 Å². The molecule has 0 bridgehead atoms. The summed E-state index contributed by atoms with van der Waals surface area (Å²) < 4.78 is 74.0. The first kappa shape index (κ1) is 27.5. The zero-order valence-electron chi connectivity index (χ0n) is 19.4. The Morgan fingerprint density at radius 1 is 1.09 bits per heavy atom. The highest BCUT2D eigenvalue weighted by atomic mass is 32.2. The molecule has 0 spiro atoms. The van der Waals surface area contributed by atoms with Crippen LogP contribution in [0.4, 0.5) is 18.9 Å². The van der Waals surface area contributed by atoms with E-state index < -0.39 is 33.0 Å². The first-order valence-corrected chi connectivity index (χ1v) is 12.6. The van der Waals surface area contributed by atoms with Crippen LogP contribution in [0.3, 0.4) is 0 Å². The molecule has 6 nitrogen and oxygen atoms in total. The maximum absolute atomic E-state index is 13.3. The smallest absolute Gasteiger partial charge is 0.416 e. The number of rotatable bonds is 12. The molecule has 0 heterocycles.